The van der Waals surface area contributed by atoms with Crippen LogP contribution in [-0.2, 0) is 0 Å². The Kier molecular flexibility index (Phi) is 7.55. The zero-order chi connectivity index (χ0) is 18.3. The number of benzene rings is 1. The summed E-state index contributed by atoms with van der Waals surface area (Å²) in [5.74, 6) is 0.979. The fraction of sp³-hybridized carbons (Fsp3) is 0.556. The molecule has 0 bridgehead atoms. The molecule has 0 aliphatic heterocycles. The van der Waals surface area contributed by atoms with Gasteiger partial charge < -0.3 is 20.3 Å². The fourth-order valence-electron chi connectivity index (χ4n) is 2.23. The summed E-state index contributed by atoms with van der Waals surface area (Å²) in [5, 5.41) is 5.67. The van der Waals surface area contributed by atoms with Gasteiger partial charge in [0.15, 0.2) is 0 Å². The minimum atomic E-state index is -0.306. The molecule has 1 rings (SSSR count). The van der Waals surface area contributed by atoms with Crippen LogP contribution in [0.4, 0.5) is 10.5 Å². The molecule has 0 fully saturated rings. The lowest BCUT2D eigenvalue weighted by atomic mass is 10.0. The highest BCUT2D eigenvalue weighted by Crippen LogP contribution is 2.26. The molecule has 0 spiro atoms. The molecular formula is C18H29N3O3. The van der Waals surface area contributed by atoms with E-state index < -0.39 is 0 Å². The number of ether oxygens (including phenoxy) is 1. The third-order valence-corrected chi connectivity index (χ3v) is 3.66. The smallest absolute Gasteiger partial charge is 0.319 e. The van der Waals surface area contributed by atoms with Crippen LogP contribution in [0.3, 0.4) is 0 Å². The molecule has 0 saturated heterocycles. The molecule has 1 unspecified atom stereocenters. The molecule has 1 aromatic carbocycles. The van der Waals surface area contributed by atoms with Gasteiger partial charge in [0.1, 0.15) is 5.75 Å². The zero-order valence-corrected chi connectivity index (χ0v) is 15.5. The first-order chi connectivity index (χ1) is 11.2. The van der Waals surface area contributed by atoms with Crippen molar-refractivity contribution in [3.8, 4) is 5.75 Å². The van der Waals surface area contributed by atoms with E-state index >= 15 is 0 Å². The molecule has 6 heteroatoms. The second kappa shape index (κ2) is 9.15. The Morgan fingerprint density at radius 3 is 2.38 bits per heavy atom. The van der Waals surface area contributed by atoms with E-state index in [4.69, 9.17) is 4.74 Å². The van der Waals surface area contributed by atoms with Crippen molar-refractivity contribution in [1.82, 2.24) is 10.2 Å². The average Bonchev–Trinajstić information content (AvgIpc) is 2.51. The van der Waals surface area contributed by atoms with Crippen molar-refractivity contribution in [2.24, 2.45) is 5.92 Å². The van der Waals surface area contributed by atoms with Crippen molar-refractivity contribution in [1.29, 1.82) is 0 Å². The number of amides is 3. The highest BCUT2D eigenvalue weighted by atomic mass is 16.5. The monoisotopic (exact) mass is 335 g/mol. The minimum absolute atomic E-state index is 0.0741. The third-order valence-electron chi connectivity index (χ3n) is 3.66. The highest BCUT2D eigenvalue weighted by Gasteiger charge is 2.14. The number of anilines is 1. The number of hydrogen-bond donors (Lipinski definition) is 2. The van der Waals surface area contributed by atoms with Gasteiger partial charge in [-0.25, -0.2) is 4.79 Å². The Labute approximate surface area is 144 Å². The molecule has 0 aromatic heterocycles. The van der Waals surface area contributed by atoms with E-state index in [0.717, 1.165) is 12.8 Å². The maximum atomic E-state index is 12.2. The van der Waals surface area contributed by atoms with Crippen molar-refractivity contribution < 1.29 is 14.3 Å². The third kappa shape index (κ3) is 6.10. The number of nitrogens with one attached hydrogen (secondary N) is 2. The molecule has 0 aliphatic rings. The van der Waals surface area contributed by atoms with E-state index in [2.05, 4.69) is 24.5 Å². The van der Waals surface area contributed by atoms with Gasteiger partial charge in [0.05, 0.1) is 12.8 Å². The summed E-state index contributed by atoms with van der Waals surface area (Å²) in [6.07, 6.45) is 1.97. The van der Waals surface area contributed by atoms with E-state index in [1.165, 1.54) is 12.0 Å². The van der Waals surface area contributed by atoms with Gasteiger partial charge >= 0.3 is 6.03 Å². The standard InChI is InChI=1S/C18H29N3O3/c1-12(2)7-8-13(3)19-18(23)20-15-11-14(17(22)21(4)5)9-10-16(15)24-6/h9-13H,7-8H2,1-6H3,(H2,19,20,23). The number of urea groups is 1. The lowest BCUT2D eigenvalue weighted by Crippen LogP contribution is -2.36. The van der Waals surface area contributed by atoms with Crippen LogP contribution in [0.25, 0.3) is 0 Å². The number of hydrogen-bond acceptors (Lipinski definition) is 3. The molecule has 0 saturated carbocycles. The van der Waals surface area contributed by atoms with Gasteiger partial charge in [-0.05, 0) is 43.9 Å². The maximum Gasteiger partial charge on any atom is 0.319 e. The Bertz CT molecular complexity index is 571. The van der Waals surface area contributed by atoms with Crippen LogP contribution >= 0.6 is 0 Å². The van der Waals surface area contributed by atoms with Crippen LogP contribution in [-0.4, -0.2) is 44.1 Å². The number of methoxy groups -OCH3 is 1. The lowest BCUT2D eigenvalue weighted by Gasteiger charge is -2.17. The maximum absolute atomic E-state index is 12.2. The summed E-state index contributed by atoms with van der Waals surface area (Å²) in [5.41, 5.74) is 0.961. The first-order valence-corrected chi connectivity index (χ1v) is 8.21. The molecule has 1 aromatic rings. The highest BCUT2D eigenvalue weighted by molar-refractivity contribution is 5.97. The SMILES string of the molecule is COc1ccc(C(=O)N(C)C)cc1NC(=O)NC(C)CCC(C)C. The van der Waals surface area contributed by atoms with E-state index in [1.807, 2.05) is 6.92 Å². The van der Waals surface area contributed by atoms with Crippen molar-refractivity contribution in [3.63, 3.8) is 0 Å². The first-order valence-electron chi connectivity index (χ1n) is 8.21. The van der Waals surface area contributed by atoms with Crippen LogP contribution in [0.2, 0.25) is 0 Å². The second-order valence-electron chi connectivity index (χ2n) is 6.59. The first kappa shape index (κ1) is 19.8. The lowest BCUT2D eigenvalue weighted by molar-refractivity contribution is 0.0827. The summed E-state index contributed by atoms with van der Waals surface area (Å²) in [6, 6.07) is 4.74. The Morgan fingerprint density at radius 1 is 1.17 bits per heavy atom. The van der Waals surface area contributed by atoms with Crippen LogP contribution in [0.15, 0.2) is 18.2 Å². The van der Waals surface area contributed by atoms with Crippen LogP contribution in [0.5, 0.6) is 5.75 Å². The minimum Gasteiger partial charge on any atom is -0.495 e. The molecular weight excluding hydrogens is 306 g/mol. The van der Waals surface area contributed by atoms with Crippen LogP contribution in [0, 0.1) is 5.92 Å². The summed E-state index contributed by atoms with van der Waals surface area (Å²) >= 11 is 0. The largest absolute Gasteiger partial charge is 0.495 e. The fourth-order valence-corrected chi connectivity index (χ4v) is 2.23. The normalized spacial score (nSPS) is 11.8. The van der Waals surface area contributed by atoms with Gasteiger partial charge in [0, 0.05) is 25.7 Å². The molecule has 3 amide bonds. The number of carbonyl (C=O) groups excluding carboxylic acids is 2. The predicted octanol–water partition coefficient (Wildman–Crippen LogP) is 3.34. The number of rotatable bonds is 7. The quantitative estimate of drug-likeness (QED) is 0.803. The second-order valence-corrected chi connectivity index (χ2v) is 6.59. The predicted molar refractivity (Wildman–Crippen MR) is 96.7 cm³/mol. The van der Waals surface area contributed by atoms with Gasteiger partial charge in [-0.1, -0.05) is 13.8 Å². The van der Waals surface area contributed by atoms with E-state index in [1.54, 1.807) is 32.3 Å². The van der Waals surface area contributed by atoms with Crippen molar-refractivity contribution in [3.05, 3.63) is 23.8 Å². The van der Waals surface area contributed by atoms with E-state index in [-0.39, 0.29) is 18.0 Å². The van der Waals surface area contributed by atoms with Gasteiger partial charge in [-0.2, -0.15) is 0 Å². The average molecular weight is 335 g/mol. The van der Waals surface area contributed by atoms with Crippen LogP contribution in [0.1, 0.15) is 44.0 Å². The van der Waals surface area contributed by atoms with E-state index in [9.17, 15) is 9.59 Å². The Morgan fingerprint density at radius 2 is 1.83 bits per heavy atom. The van der Waals surface area contributed by atoms with Gasteiger partial charge in [0.2, 0.25) is 0 Å². The summed E-state index contributed by atoms with van der Waals surface area (Å²) in [4.78, 5) is 25.7. The topological polar surface area (TPSA) is 70.7 Å². The number of carbonyl (C=O) groups is 2. The van der Waals surface area contributed by atoms with Gasteiger partial charge in [0.25, 0.3) is 5.91 Å². The van der Waals surface area contributed by atoms with Gasteiger partial charge in [-0.3, -0.25) is 4.79 Å². The van der Waals surface area contributed by atoms with Crippen LogP contribution < -0.4 is 15.4 Å². The molecule has 1 atom stereocenters. The van der Waals surface area contributed by atoms with Crippen molar-refractivity contribution >= 4 is 17.6 Å². The van der Waals surface area contributed by atoms with Crippen molar-refractivity contribution in [2.45, 2.75) is 39.7 Å². The molecule has 24 heavy (non-hydrogen) atoms. The Balaban J connectivity index is 2.79. The zero-order valence-electron chi connectivity index (χ0n) is 15.5. The number of nitrogens with zero attached hydrogens (tertiary/aromatic N) is 1. The van der Waals surface area contributed by atoms with Gasteiger partial charge in [-0.15, -0.1) is 0 Å². The van der Waals surface area contributed by atoms with E-state index in [0.29, 0.717) is 22.9 Å². The molecule has 0 radical (unpaired) electrons. The molecule has 2 N–H and O–H groups in total. The molecule has 0 heterocycles. The molecule has 0 aliphatic carbocycles. The molecule has 134 valence electrons. The molecule has 6 nitrogen and oxygen atoms in total. The summed E-state index contributed by atoms with van der Waals surface area (Å²) in [6.45, 7) is 6.29. The Hall–Kier alpha value is -2.24. The summed E-state index contributed by atoms with van der Waals surface area (Å²) in [7, 11) is 4.89. The van der Waals surface area contributed by atoms with Crippen molar-refractivity contribution in [2.75, 3.05) is 26.5 Å². The summed E-state index contributed by atoms with van der Waals surface area (Å²) < 4.78 is 5.26.